The maximum atomic E-state index is 13.8. The van der Waals surface area contributed by atoms with Gasteiger partial charge in [0.2, 0.25) is 0 Å². The van der Waals surface area contributed by atoms with E-state index >= 15 is 0 Å². The third-order valence-electron chi connectivity index (χ3n) is 6.54. The first-order valence-electron chi connectivity index (χ1n) is 12.3. The molecule has 186 valence electrons. The molecule has 8 nitrogen and oxygen atoms in total. The molecular weight excluding hydrogens is 474 g/mol. The van der Waals surface area contributed by atoms with Crippen LogP contribution in [-0.4, -0.2) is 35.4 Å². The molecule has 1 amide bonds. The minimum absolute atomic E-state index is 0.239. The maximum absolute atomic E-state index is 13.8. The first-order valence-corrected chi connectivity index (χ1v) is 12.3. The van der Waals surface area contributed by atoms with Crippen LogP contribution in [0.5, 0.6) is 0 Å². The van der Waals surface area contributed by atoms with Gasteiger partial charge in [-0.15, -0.1) is 0 Å². The summed E-state index contributed by atoms with van der Waals surface area (Å²) >= 11 is 0. The lowest BCUT2D eigenvalue weighted by molar-refractivity contribution is 0.102. The van der Waals surface area contributed by atoms with Crippen molar-refractivity contribution in [3.63, 3.8) is 0 Å². The molecule has 0 radical (unpaired) electrons. The summed E-state index contributed by atoms with van der Waals surface area (Å²) in [5.74, 6) is -0.239. The summed E-state index contributed by atoms with van der Waals surface area (Å²) < 4.78 is 3.66. The number of benzene rings is 2. The number of hydrogen-bond acceptors (Lipinski definition) is 5. The number of amides is 1. The van der Waals surface area contributed by atoms with Crippen LogP contribution in [0.15, 0.2) is 97.5 Å². The van der Waals surface area contributed by atoms with Gasteiger partial charge in [-0.1, -0.05) is 48.5 Å². The highest BCUT2D eigenvalue weighted by molar-refractivity contribution is 6.13. The molecule has 0 bridgehead atoms. The second-order valence-electron chi connectivity index (χ2n) is 9.06. The molecule has 0 fully saturated rings. The van der Waals surface area contributed by atoms with Gasteiger partial charge < -0.3 is 5.32 Å². The molecule has 4 aromatic heterocycles. The van der Waals surface area contributed by atoms with Crippen molar-refractivity contribution < 1.29 is 4.79 Å². The smallest absolute Gasteiger partial charge is 0.256 e. The van der Waals surface area contributed by atoms with Crippen molar-refractivity contribution in [1.29, 1.82) is 0 Å². The van der Waals surface area contributed by atoms with Gasteiger partial charge in [0.15, 0.2) is 5.65 Å². The zero-order valence-corrected chi connectivity index (χ0v) is 21.0. The van der Waals surface area contributed by atoms with Gasteiger partial charge >= 0.3 is 0 Å². The van der Waals surface area contributed by atoms with Gasteiger partial charge in [0.1, 0.15) is 0 Å². The van der Waals surface area contributed by atoms with Gasteiger partial charge in [-0.2, -0.15) is 10.2 Å². The number of carbonyl (C=O) groups excluding carboxylic acids is 1. The summed E-state index contributed by atoms with van der Waals surface area (Å²) in [7, 11) is 0. The molecule has 0 spiro atoms. The number of fused-ring (bicyclic) bond motifs is 1. The monoisotopic (exact) mass is 499 g/mol. The fourth-order valence-electron chi connectivity index (χ4n) is 4.59. The SMILES string of the molecule is Cc1nn(-c2ccccc2)c(C)c1NC(=O)c1cc(-c2ccccc2)nc2c1cnn2Cc1ccncc1. The van der Waals surface area contributed by atoms with E-state index in [0.717, 1.165) is 28.2 Å². The van der Waals surface area contributed by atoms with E-state index in [1.165, 1.54) is 0 Å². The van der Waals surface area contributed by atoms with Gasteiger partial charge in [0, 0.05) is 18.0 Å². The average molecular weight is 500 g/mol. The van der Waals surface area contributed by atoms with E-state index in [-0.39, 0.29) is 5.91 Å². The Morgan fingerprint density at radius 2 is 1.63 bits per heavy atom. The van der Waals surface area contributed by atoms with E-state index < -0.39 is 0 Å². The number of para-hydroxylation sites is 1. The van der Waals surface area contributed by atoms with Crippen LogP contribution in [0, 0.1) is 13.8 Å². The molecule has 0 saturated carbocycles. The largest absolute Gasteiger partial charge is 0.319 e. The minimum atomic E-state index is -0.239. The topological polar surface area (TPSA) is 90.5 Å². The predicted octanol–water partition coefficient (Wildman–Crippen LogP) is 5.60. The normalized spacial score (nSPS) is 11.1. The second-order valence-corrected chi connectivity index (χ2v) is 9.06. The number of pyridine rings is 2. The third-order valence-corrected chi connectivity index (χ3v) is 6.54. The highest BCUT2D eigenvalue weighted by atomic mass is 16.1. The van der Waals surface area contributed by atoms with Gasteiger partial charge in [-0.25, -0.2) is 14.3 Å². The number of nitrogens with zero attached hydrogens (tertiary/aromatic N) is 6. The van der Waals surface area contributed by atoms with Crippen LogP contribution in [0.25, 0.3) is 28.0 Å². The molecule has 6 rings (SSSR count). The Kier molecular flexibility index (Phi) is 5.97. The lowest BCUT2D eigenvalue weighted by Gasteiger charge is -2.11. The summed E-state index contributed by atoms with van der Waals surface area (Å²) in [6.07, 6.45) is 5.21. The van der Waals surface area contributed by atoms with E-state index in [1.807, 2.05) is 102 Å². The van der Waals surface area contributed by atoms with Crippen molar-refractivity contribution in [1.82, 2.24) is 29.5 Å². The van der Waals surface area contributed by atoms with Gasteiger partial charge in [-0.3, -0.25) is 9.78 Å². The summed E-state index contributed by atoms with van der Waals surface area (Å²) in [5.41, 5.74) is 7.02. The molecule has 0 aliphatic carbocycles. The Morgan fingerprint density at radius 1 is 0.921 bits per heavy atom. The average Bonchev–Trinajstić information content (AvgIpc) is 3.49. The molecule has 0 atom stereocenters. The van der Waals surface area contributed by atoms with Crippen molar-refractivity contribution in [2.45, 2.75) is 20.4 Å². The number of anilines is 1. The van der Waals surface area contributed by atoms with E-state index in [1.54, 1.807) is 18.6 Å². The van der Waals surface area contributed by atoms with Crippen LogP contribution in [-0.2, 0) is 6.54 Å². The fraction of sp³-hybridized carbons (Fsp3) is 0.100. The van der Waals surface area contributed by atoms with Crippen molar-refractivity contribution in [3.8, 4) is 16.9 Å². The number of nitrogens with one attached hydrogen (secondary N) is 1. The summed E-state index contributed by atoms with van der Waals surface area (Å²) in [6, 6.07) is 25.4. The van der Waals surface area contributed by atoms with Gasteiger partial charge in [0.05, 0.1) is 52.1 Å². The Bertz CT molecular complexity index is 1740. The standard InChI is InChI=1S/C30H25N7O/c1-20-28(21(2)37(35-20)24-11-7-4-8-12-24)34-30(38)25-17-27(23-9-5-3-6-10-23)33-29-26(25)18-32-36(29)19-22-13-15-31-16-14-22/h3-18H,19H2,1-2H3,(H,34,38). The Morgan fingerprint density at radius 3 is 2.37 bits per heavy atom. The lowest BCUT2D eigenvalue weighted by Crippen LogP contribution is -2.14. The summed E-state index contributed by atoms with van der Waals surface area (Å²) in [6.45, 7) is 4.36. The quantitative estimate of drug-likeness (QED) is 0.322. The first kappa shape index (κ1) is 23.3. The van der Waals surface area contributed by atoms with Crippen LogP contribution >= 0.6 is 0 Å². The maximum Gasteiger partial charge on any atom is 0.256 e. The molecule has 0 unspecified atom stereocenters. The first-order chi connectivity index (χ1) is 18.6. The van der Waals surface area contributed by atoms with Crippen molar-refractivity contribution in [2.24, 2.45) is 0 Å². The molecule has 8 heteroatoms. The fourth-order valence-corrected chi connectivity index (χ4v) is 4.59. The molecular formula is C30H25N7O. The molecule has 6 aromatic rings. The molecule has 0 aliphatic heterocycles. The highest BCUT2D eigenvalue weighted by Gasteiger charge is 2.21. The van der Waals surface area contributed by atoms with Crippen LogP contribution in [0.1, 0.15) is 27.3 Å². The molecule has 1 N–H and O–H groups in total. The molecule has 38 heavy (non-hydrogen) atoms. The number of aryl methyl sites for hydroxylation is 1. The number of rotatable bonds is 6. The van der Waals surface area contributed by atoms with Crippen LogP contribution in [0.2, 0.25) is 0 Å². The van der Waals surface area contributed by atoms with Crippen LogP contribution in [0.3, 0.4) is 0 Å². The zero-order chi connectivity index (χ0) is 26.1. The molecule has 4 heterocycles. The Balaban J connectivity index is 1.43. The highest BCUT2D eigenvalue weighted by Crippen LogP contribution is 2.28. The van der Waals surface area contributed by atoms with Crippen LogP contribution < -0.4 is 5.32 Å². The third kappa shape index (κ3) is 4.32. The lowest BCUT2D eigenvalue weighted by atomic mass is 10.1. The van der Waals surface area contributed by atoms with E-state index in [2.05, 4.69) is 20.5 Å². The van der Waals surface area contributed by atoms with Gasteiger partial charge in [0.25, 0.3) is 5.91 Å². The number of carbonyl (C=O) groups is 1. The van der Waals surface area contributed by atoms with Gasteiger partial charge in [-0.05, 0) is 49.7 Å². The van der Waals surface area contributed by atoms with E-state index in [4.69, 9.17) is 4.98 Å². The Hall–Kier alpha value is -5.11. The minimum Gasteiger partial charge on any atom is -0.319 e. The zero-order valence-electron chi connectivity index (χ0n) is 21.0. The molecule has 2 aromatic carbocycles. The van der Waals surface area contributed by atoms with Crippen molar-refractivity contribution >= 4 is 22.6 Å². The van der Waals surface area contributed by atoms with Crippen LogP contribution in [0.4, 0.5) is 5.69 Å². The second kappa shape index (κ2) is 9.74. The predicted molar refractivity (Wildman–Crippen MR) is 147 cm³/mol. The van der Waals surface area contributed by atoms with Crippen molar-refractivity contribution in [3.05, 3.63) is 120 Å². The van der Waals surface area contributed by atoms with E-state index in [9.17, 15) is 4.79 Å². The number of aromatic nitrogens is 6. The Labute approximate surface area is 219 Å². The molecule has 0 saturated heterocycles. The van der Waals surface area contributed by atoms with E-state index in [0.29, 0.717) is 34.5 Å². The summed E-state index contributed by atoms with van der Waals surface area (Å²) in [5, 5.41) is 13.1. The number of hydrogen-bond donors (Lipinski definition) is 1. The molecule has 0 aliphatic rings. The summed E-state index contributed by atoms with van der Waals surface area (Å²) in [4.78, 5) is 22.8. The van der Waals surface area contributed by atoms with Crippen molar-refractivity contribution in [2.75, 3.05) is 5.32 Å².